The first-order valence-corrected chi connectivity index (χ1v) is 7.42. The molecule has 5 nitrogen and oxygen atoms in total. The summed E-state index contributed by atoms with van der Waals surface area (Å²) in [5.41, 5.74) is 0.870. The highest BCUT2D eigenvalue weighted by atomic mass is 32.1. The SMILES string of the molecule is COC1CN(c2nc(CCC(=O)O)cs2)CCC1C. The third-order valence-electron chi connectivity index (χ3n) is 3.60. The lowest BCUT2D eigenvalue weighted by Crippen LogP contribution is -2.43. The van der Waals surface area contributed by atoms with Crippen LogP contribution in [0.2, 0.25) is 0 Å². The number of carboxylic acids is 1. The van der Waals surface area contributed by atoms with Crippen molar-refractivity contribution in [3.63, 3.8) is 0 Å². The molecule has 0 saturated carbocycles. The van der Waals surface area contributed by atoms with Crippen LogP contribution in [0.3, 0.4) is 0 Å². The monoisotopic (exact) mass is 284 g/mol. The number of aromatic nitrogens is 1. The Balaban J connectivity index is 1.96. The van der Waals surface area contributed by atoms with Crippen molar-refractivity contribution in [1.82, 2.24) is 4.98 Å². The van der Waals surface area contributed by atoms with E-state index in [4.69, 9.17) is 9.84 Å². The van der Waals surface area contributed by atoms with E-state index in [1.165, 1.54) is 0 Å². The predicted octanol–water partition coefficient (Wildman–Crippen LogP) is 2.02. The first kappa shape index (κ1) is 14.3. The van der Waals surface area contributed by atoms with Crippen LogP contribution in [0.25, 0.3) is 0 Å². The molecular formula is C13H20N2O3S. The summed E-state index contributed by atoms with van der Waals surface area (Å²) in [7, 11) is 1.75. The molecule has 1 aromatic heterocycles. The van der Waals surface area contributed by atoms with Gasteiger partial charge in [-0.05, 0) is 12.3 Å². The Morgan fingerprint density at radius 3 is 3.16 bits per heavy atom. The fraction of sp³-hybridized carbons (Fsp3) is 0.692. The van der Waals surface area contributed by atoms with Crippen molar-refractivity contribution in [2.24, 2.45) is 5.92 Å². The highest BCUT2D eigenvalue weighted by Gasteiger charge is 2.27. The molecule has 1 N–H and O–H groups in total. The van der Waals surface area contributed by atoms with E-state index >= 15 is 0 Å². The number of thiazole rings is 1. The molecule has 2 heterocycles. The van der Waals surface area contributed by atoms with E-state index in [1.807, 2.05) is 5.38 Å². The molecule has 0 bridgehead atoms. The van der Waals surface area contributed by atoms with E-state index in [2.05, 4.69) is 16.8 Å². The van der Waals surface area contributed by atoms with Crippen molar-refractivity contribution in [3.05, 3.63) is 11.1 Å². The number of ether oxygens (including phenoxy) is 1. The van der Waals surface area contributed by atoms with Gasteiger partial charge in [0.15, 0.2) is 5.13 Å². The number of anilines is 1. The molecule has 6 heteroatoms. The number of hydrogen-bond donors (Lipinski definition) is 1. The maximum Gasteiger partial charge on any atom is 0.303 e. The van der Waals surface area contributed by atoms with Gasteiger partial charge in [-0.15, -0.1) is 11.3 Å². The molecule has 0 amide bonds. The predicted molar refractivity (Wildman–Crippen MR) is 74.9 cm³/mol. The van der Waals surface area contributed by atoms with Crippen LogP contribution >= 0.6 is 11.3 Å². The molecular weight excluding hydrogens is 264 g/mol. The van der Waals surface area contributed by atoms with Gasteiger partial charge in [0.1, 0.15) is 0 Å². The van der Waals surface area contributed by atoms with E-state index in [0.29, 0.717) is 12.3 Å². The first-order chi connectivity index (χ1) is 9.10. The number of piperidine rings is 1. The lowest BCUT2D eigenvalue weighted by atomic mass is 9.96. The van der Waals surface area contributed by atoms with Crippen molar-refractivity contribution in [2.45, 2.75) is 32.3 Å². The van der Waals surface area contributed by atoms with Gasteiger partial charge in [-0.3, -0.25) is 4.79 Å². The van der Waals surface area contributed by atoms with Crippen LogP contribution in [-0.2, 0) is 16.0 Å². The number of carbonyl (C=O) groups is 1. The van der Waals surface area contributed by atoms with Gasteiger partial charge in [0.2, 0.25) is 0 Å². The average Bonchev–Trinajstić information content (AvgIpc) is 2.86. The second-order valence-corrected chi connectivity index (χ2v) is 5.84. The average molecular weight is 284 g/mol. The van der Waals surface area contributed by atoms with Gasteiger partial charge < -0.3 is 14.7 Å². The van der Waals surface area contributed by atoms with Gasteiger partial charge in [-0.25, -0.2) is 4.98 Å². The quantitative estimate of drug-likeness (QED) is 0.896. The molecule has 0 aromatic carbocycles. The maximum absolute atomic E-state index is 10.5. The second kappa shape index (κ2) is 6.34. The summed E-state index contributed by atoms with van der Waals surface area (Å²) in [6.07, 6.45) is 1.99. The van der Waals surface area contributed by atoms with Crippen molar-refractivity contribution in [2.75, 3.05) is 25.1 Å². The zero-order valence-corrected chi connectivity index (χ0v) is 12.2. The Labute approximate surface area is 117 Å². The summed E-state index contributed by atoms with van der Waals surface area (Å²) >= 11 is 1.59. The van der Waals surface area contributed by atoms with Crippen LogP contribution in [-0.4, -0.2) is 42.4 Å². The molecule has 1 saturated heterocycles. The number of rotatable bonds is 5. The summed E-state index contributed by atoms with van der Waals surface area (Å²) in [4.78, 5) is 17.3. The maximum atomic E-state index is 10.5. The van der Waals surface area contributed by atoms with E-state index in [0.717, 1.165) is 30.3 Å². The summed E-state index contributed by atoms with van der Waals surface area (Å²) in [6.45, 7) is 4.07. The Bertz CT molecular complexity index is 435. The minimum absolute atomic E-state index is 0.140. The number of aliphatic carboxylic acids is 1. The van der Waals surface area contributed by atoms with Crippen molar-refractivity contribution in [3.8, 4) is 0 Å². The van der Waals surface area contributed by atoms with E-state index < -0.39 is 5.97 Å². The van der Waals surface area contributed by atoms with Crippen LogP contribution in [0.5, 0.6) is 0 Å². The smallest absolute Gasteiger partial charge is 0.303 e. The van der Waals surface area contributed by atoms with Gasteiger partial charge in [-0.2, -0.15) is 0 Å². The van der Waals surface area contributed by atoms with Gasteiger partial charge in [-0.1, -0.05) is 6.92 Å². The number of carboxylic acid groups (broad SMARTS) is 1. The van der Waals surface area contributed by atoms with Crippen molar-refractivity contribution < 1.29 is 14.6 Å². The highest BCUT2D eigenvalue weighted by molar-refractivity contribution is 7.13. The fourth-order valence-corrected chi connectivity index (χ4v) is 3.20. The van der Waals surface area contributed by atoms with Gasteiger partial charge in [0, 0.05) is 32.0 Å². The molecule has 106 valence electrons. The summed E-state index contributed by atoms with van der Waals surface area (Å²) in [6, 6.07) is 0. The normalized spacial score (nSPS) is 23.6. The van der Waals surface area contributed by atoms with Crippen LogP contribution in [0.4, 0.5) is 5.13 Å². The largest absolute Gasteiger partial charge is 0.481 e. The van der Waals surface area contributed by atoms with Crippen molar-refractivity contribution in [1.29, 1.82) is 0 Å². The Morgan fingerprint density at radius 2 is 2.47 bits per heavy atom. The standard InChI is InChI=1S/C13H20N2O3S/c1-9-5-6-15(7-11(9)18-2)13-14-10(8-19-13)3-4-12(16)17/h8-9,11H,3-7H2,1-2H3,(H,16,17). The Hall–Kier alpha value is -1.14. The molecule has 0 aliphatic carbocycles. The third-order valence-corrected chi connectivity index (χ3v) is 4.55. The highest BCUT2D eigenvalue weighted by Crippen LogP contribution is 2.27. The van der Waals surface area contributed by atoms with Crippen LogP contribution in [0.1, 0.15) is 25.5 Å². The molecule has 0 spiro atoms. The summed E-state index contributed by atoms with van der Waals surface area (Å²) in [5.74, 6) is -0.200. The Morgan fingerprint density at radius 1 is 1.68 bits per heavy atom. The summed E-state index contributed by atoms with van der Waals surface area (Å²) < 4.78 is 5.50. The second-order valence-electron chi connectivity index (χ2n) is 5.00. The lowest BCUT2D eigenvalue weighted by molar-refractivity contribution is -0.136. The van der Waals surface area contributed by atoms with Crippen LogP contribution < -0.4 is 4.90 Å². The minimum Gasteiger partial charge on any atom is -0.481 e. The van der Waals surface area contributed by atoms with Crippen molar-refractivity contribution >= 4 is 22.4 Å². The fourth-order valence-electron chi connectivity index (χ4n) is 2.31. The number of nitrogens with zero attached hydrogens (tertiary/aromatic N) is 2. The molecule has 2 rings (SSSR count). The molecule has 1 aliphatic heterocycles. The van der Waals surface area contributed by atoms with Gasteiger partial charge in [0.25, 0.3) is 0 Å². The summed E-state index contributed by atoms with van der Waals surface area (Å²) in [5, 5.41) is 11.6. The van der Waals surface area contributed by atoms with Crippen LogP contribution in [0.15, 0.2) is 5.38 Å². The molecule has 19 heavy (non-hydrogen) atoms. The number of hydrogen-bond acceptors (Lipinski definition) is 5. The topological polar surface area (TPSA) is 62.7 Å². The van der Waals surface area contributed by atoms with E-state index in [9.17, 15) is 4.79 Å². The number of aryl methyl sites for hydroxylation is 1. The molecule has 0 radical (unpaired) electrons. The van der Waals surface area contributed by atoms with E-state index in [-0.39, 0.29) is 12.5 Å². The Kier molecular flexibility index (Phi) is 4.76. The lowest BCUT2D eigenvalue weighted by Gasteiger charge is -2.36. The van der Waals surface area contributed by atoms with E-state index in [1.54, 1.807) is 18.4 Å². The number of methoxy groups -OCH3 is 1. The molecule has 2 atom stereocenters. The minimum atomic E-state index is -0.777. The van der Waals surface area contributed by atoms with Gasteiger partial charge >= 0.3 is 5.97 Å². The third kappa shape index (κ3) is 3.67. The van der Waals surface area contributed by atoms with Gasteiger partial charge in [0.05, 0.1) is 18.2 Å². The molecule has 2 unspecified atom stereocenters. The first-order valence-electron chi connectivity index (χ1n) is 6.54. The molecule has 1 fully saturated rings. The van der Waals surface area contributed by atoms with Crippen LogP contribution in [0, 0.1) is 5.92 Å². The molecule has 1 aromatic rings. The molecule has 1 aliphatic rings. The zero-order chi connectivity index (χ0) is 13.8. The zero-order valence-electron chi connectivity index (χ0n) is 11.3.